The van der Waals surface area contributed by atoms with Crippen molar-refractivity contribution < 1.29 is 0 Å². The summed E-state index contributed by atoms with van der Waals surface area (Å²) in [4.78, 5) is 8.71. The Morgan fingerprint density at radius 1 is 1.24 bits per heavy atom. The molecule has 17 heavy (non-hydrogen) atoms. The van der Waals surface area contributed by atoms with Gasteiger partial charge in [0.05, 0.1) is 0 Å². The van der Waals surface area contributed by atoms with Crippen molar-refractivity contribution in [3.63, 3.8) is 0 Å². The molecule has 96 valence electrons. The molecule has 4 N–H and O–H groups in total. The van der Waals surface area contributed by atoms with Crippen molar-refractivity contribution in [2.24, 2.45) is 11.8 Å². The first-order chi connectivity index (χ1) is 8.10. The number of hydrogen-bond acceptors (Lipinski definition) is 5. The van der Waals surface area contributed by atoms with Crippen molar-refractivity contribution in [3.8, 4) is 0 Å². The largest absolute Gasteiger partial charge is 0.367 e. The zero-order chi connectivity index (χ0) is 12.8. The number of aromatic nitrogens is 2. The Morgan fingerprint density at radius 2 is 1.88 bits per heavy atom. The van der Waals surface area contributed by atoms with Gasteiger partial charge in [0.1, 0.15) is 17.5 Å². The maximum absolute atomic E-state index is 5.40. The summed E-state index contributed by atoms with van der Waals surface area (Å²) in [7, 11) is 0. The molecule has 0 fully saturated rings. The van der Waals surface area contributed by atoms with Gasteiger partial charge in [-0.3, -0.25) is 0 Å². The topological polar surface area (TPSA) is 75.9 Å². The third-order valence-corrected chi connectivity index (χ3v) is 2.81. The monoisotopic (exact) mass is 237 g/mol. The molecule has 0 spiro atoms. The minimum atomic E-state index is 0.417. The molecule has 0 amide bonds. The Labute approximate surface area is 103 Å². The third kappa shape index (κ3) is 3.85. The molecule has 1 aromatic heterocycles. The van der Waals surface area contributed by atoms with Gasteiger partial charge in [-0.1, -0.05) is 27.7 Å². The molecule has 0 aliphatic carbocycles. The van der Waals surface area contributed by atoms with Crippen LogP contribution in [0.2, 0.25) is 0 Å². The van der Waals surface area contributed by atoms with Crippen LogP contribution >= 0.6 is 0 Å². The number of nitrogens with one attached hydrogen (secondary N) is 2. The van der Waals surface area contributed by atoms with Crippen molar-refractivity contribution in [2.45, 2.75) is 46.6 Å². The number of nitrogen functional groups attached to an aromatic ring is 1. The lowest BCUT2D eigenvalue weighted by Crippen LogP contribution is -2.25. The highest BCUT2D eigenvalue weighted by atomic mass is 15.3. The van der Waals surface area contributed by atoms with Crippen LogP contribution in [0.25, 0.3) is 0 Å². The molecule has 1 unspecified atom stereocenters. The van der Waals surface area contributed by atoms with Gasteiger partial charge in [0, 0.05) is 18.5 Å². The van der Waals surface area contributed by atoms with Crippen LogP contribution in [-0.4, -0.2) is 16.0 Å². The SMILES string of the molecule is CCc1nc(NN)cc(NC(CC)C(C)C)n1. The Morgan fingerprint density at radius 3 is 2.35 bits per heavy atom. The van der Waals surface area contributed by atoms with E-state index in [4.69, 9.17) is 5.84 Å². The van der Waals surface area contributed by atoms with Crippen LogP contribution in [0.5, 0.6) is 0 Å². The van der Waals surface area contributed by atoms with Gasteiger partial charge in [0.15, 0.2) is 0 Å². The van der Waals surface area contributed by atoms with E-state index in [1.165, 1.54) is 0 Å². The maximum atomic E-state index is 5.40. The summed E-state index contributed by atoms with van der Waals surface area (Å²) in [5.74, 6) is 8.24. The van der Waals surface area contributed by atoms with Gasteiger partial charge in [-0.05, 0) is 12.3 Å². The van der Waals surface area contributed by atoms with E-state index in [0.29, 0.717) is 17.8 Å². The lowest BCUT2D eigenvalue weighted by molar-refractivity contribution is 0.509. The predicted molar refractivity (Wildman–Crippen MR) is 71.8 cm³/mol. The molecule has 0 aliphatic heterocycles. The van der Waals surface area contributed by atoms with Gasteiger partial charge in [-0.2, -0.15) is 0 Å². The predicted octanol–water partition coefficient (Wildman–Crippen LogP) is 2.17. The third-order valence-electron chi connectivity index (χ3n) is 2.81. The highest BCUT2D eigenvalue weighted by molar-refractivity contribution is 5.47. The van der Waals surface area contributed by atoms with Gasteiger partial charge >= 0.3 is 0 Å². The van der Waals surface area contributed by atoms with E-state index in [-0.39, 0.29) is 0 Å². The fourth-order valence-electron chi connectivity index (χ4n) is 1.73. The summed E-state index contributed by atoms with van der Waals surface area (Å²) in [6, 6.07) is 2.25. The second-order valence-corrected chi connectivity index (χ2v) is 4.46. The van der Waals surface area contributed by atoms with Crippen LogP contribution in [0, 0.1) is 5.92 Å². The van der Waals surface area contributed by atoms with Crippen LogP contribution in [-0.2, 0) is 6.42 Å². The Kier molecular flexibility index (Phi) is 5.15. The number of nitrogens with zero attached hydrogens (tertiary/aromatic N) is 2. The van der Waals surface area contributed by atoms with Crippen LogP contribution in [0.3, 0.4) is 0 Å². The molecular weight excluding hydrogens is 214 g/mol. The fourth-order valence-corrected chi connectivity index (χ4v) is 1.73. The molecular formula is C12H23N5. The zero-order valence-corrected chi connectivity index (χ0v) is 11.1. The lowest BCUT2D eigenvalue weighted by atomic mass is 10.0. The first kappa shape index (κ1) is 13.7. The molecule has 0 bridgehead atoms. The number of hydrogen-bond donors (Lipinski definition) is 3. The number of nitrogens with two attached hydrogens (primary N) is 1. The van der Waals surface area contributed by atoms with Gasteiger partial charge in [0.2, 0.25) is 0 Å². The fraction of sp³-hybridized carbons (Fsp3) is 0.667. The minimum absolute atomic E-state index is 0.417. The smallest absolute Gasteiger partial charge is 0.145 e. The molecule has 0 aromatic carbocycles. The van der Waals surface area contributed by atoms with Crippen molar-refractivity contribution in [2.75, 3.05) is 10.7 Å². The molecule has 0 aliphatic rings. The van der Waals surface area contributed by atoms with Crippen molar-refractivity contribution in [1.82, 2.24) is 9.97 Å². The van der Waals surface area contributed by atoms with Crippen LogP contribution < -0.4 is 16.6 Å². The molecule has 1 rings (SSSR count). The van der Waals surface area contributed by atoms with Crippen molar-refractivity contribution >= 4 is 11.6 Å². The van der Waals surface area contributed by atoms with Crippen LogP contribution in [0.15, 0.2) is 6.07 Å². The Balaban J connectivity index is 2.89. The van der Waals surface area contributed by atoms with Crippen LogP contribution in [0.1, 0.15) is 39.9 Å². The van der Waals surface area contributed by atoms with E-state index in [1.54, 1.807) is 0 Å². The molecule has 1 heterocycles. The Hall–Kier alpha value is -1.36. The lowest BCUT2D eigenvalue weighted by Gasteiger charge is -2.21. The highest BCUT2D eigenvalue weighted by Gasteiger charge is 2.12. The molecule has 0 saturated carbocycles. The molecule has 1 aromatic rings. The second-order valence-electron chi connectivity index (χ2n) is 4.46. The summed E-state index contributed by atoms with van der Waals surface area (Å²) >= 11 is 0. The summed E-state index contributed by atoms with van der Waals surface area (Å²) in [6.07, 6.45) is 1.86. The van der Waals surface area contributed by atoms with E-state index < -0.39 is 0 Å². The van der Waals surface area contributed by atoms with Gasteiger partial charge in [-0.15, -0.1) is 0 Å². The summed E-state index contributed by atoms with van der Waals surface area (Å²) in [5.41, 5.74) is 2.57. The highest BCUT2D eigenvalue weighted by Crippen LogP contribution is 2.16. The van der Waals surface area contributed by atoms with Gasteiger partial charge in [-0.25, -0.2) is 15.8 Å². The first-order valence-corrected chi connectivity index (χ1v) is 6.21. The van der Waals surface area contributed by atoms with Crippen LogP contribution in [0.4, 0.5) is 11.6 Å². The minimum Gasteiger partial charge on any atom is -0.367 e. The summed E-state index contributed by atoms with van der Waals surface area (Å²) in [5, 5.41) is 3.43. The van der Waals surface area contributed by atoms with E-state index in [0.717, 1.165) is 24.5 Å². The molecule has 0 saturated heterocycles. The summed E-state index contributed by atoms with van der Waals surface area (Å²) in [6.45, 7) is 8.59. The first-order valence-electron chi connectivity index (χ1n) is 6.21. The molecule has 1 atom stereocenters. The number of anilines is 2. The maximum Gasteiger partial charge on any atom is 0.145 e. The summed E-state index contributed by atoms with van der Waals surface area (Å²) < 4.78 is 0. The average Bonchev–Trinajstić information content (AvgIpc) is 2.34. The Bertz CT molecular complexity index is 328. The number of aryl methyl sites for hydroxylation is 1. The van der Waals surface area contributed by atoms with E-state index in [1.807, 2.05) is 13.0 Å². The number of rotatable bonds is 6. The van der Waals surface area contributed by atoms with Crippen molar-refractivity contribution in [1.29, 1.82) is 0 Å². The molecule has 0 radical (unpaired) electrons. The van der Waals surface area contributed by atoms with Gasteiger partial charge < -0.3 is 10.7 Å². The second kappa shape index (κ2) is 6.39. The number of hydrazine groups is 1. The average molecular weight is 237 g/mol. The normalized spacial score (nSPS) is 12.6. The zero-order valence-electron chi connectivity index (χ0n) is 11.1. The van der Waals surface area contributed by atoms with E-state index >= 15 is 0 Å². The van der Waals surface area contributed by atoms with Crippen molar-refractivity contribution in [3.05, 3.63) is 11.9 Å². The quantitative estimate of drug-likeness (QED) is 0.522. The van der Waals surface area contributed by atoms with E-state index in [2.05, 4.69) is 41.5 Å². The van der Waals surface area contributed by atoms with Gasteiger partial charge in [0.25, 0.3) is 0 Å². The molecule has 5 heteroatoms. The standard InChI is InChI=1S/C12H23N5/c1-5-9(8(3)4)14-11-7-12(17-13)16-10(6-2)15-11/h7-9H,5-6,13H2,1-4H3,(H2,14,15,16,17). The van der Waals surface area contributed by atoms with E-state index in [9.17, 15) is 0 Å². The molecule has 5 nitrogen and oxygen atoms in total.